The smallest absolute Gasteiger partial charge is 0.326 e. The molecule has 0 spiro atoms. The number of unbranched alkanes of at least 4 members (excludes halogenated alkanes) is 1. The summed E-state index contributed by atoms with van der Waals surface area (Å²) in [4.78, 5) is 50.3. The molecule has 0 saturated carbocycles. The standard InChI is InChI=1S/C24H47N5O5/c1-7-16(6)20(26)23(32)28-18(12-14(2)3)22(31)27-17(10-8-9-11-25)21(30)29-19(24(33)34)13-15(4)5/h14-20H,7-13,25-26H2,1-6H3,(H,27,31)(H,28,32)(H,29,30)(H,33,34). The van der Waals surface area contributed by atoms with Gasteiger partial charge in [-0.15, -0.1) is 0 Å². The van der Waals surface area contributed by atoms with E-state index in [-0.39, 0.29) is 24.2 Å². The van der Waals surface area contributed by atoms with Gasteiger partial charge in [-0.1, -0.05) is 48.0 Å². The second-order valence-electron chi connectivity index (χ2n) is 9.98. The summed E-state index contributed by atoms with van der Waals surface area (Å²) in [7, 11) is 0. The zero-order valence-corrected chi connectivity index (χ0v) is 21.7. The van der Waals surface area contributed by atoms with Gasteiger partial charge in [0.15, 0.2) is 0 Å². The van der Waals surface area contributed by atoms with Crippen molar-refractivity contribution in [3.05, 3.63) is 0 Å². The van der Waals surface area contributed by atoms with Crippen LogP contribution in [0.2, 0.25) is 0 Å². The van der Waals surface area contributed by atoms with Crippen LogP contribution in [0.5, 0.6) is 0 Å². The maximum absolute atomic E-state index is 13.1. The van der Waals surface area contributed by atoms with Crippen molar-refractivity contribution in [2.45, 2.75) is 104 Å². The highest BCUT2D eigenvalue weighted by Crippen LogP contribution is 2.11. The highest BCUT2D eigenvalue weighted by atomic mass is 16.4. The first kappa shape index (κ1) is 31.8. The van der Waals surface area contributed by atoms with E-state index in [9.17, 15) is 24.3 Å². The van der Waals surface area contributed by atoms with Gasteiger partial charge in [0.05, 0.1) is 6.04 Å². The molecular formula is C24H47N5O5. The predicted octanol–water partition coefficient (Wildman–Crippen LogP) is 1.12. The second kappa shape index (κ2) is 16.4. The minimum atomic E-state index is -1.13. The number of rotatable bonds is 17. The van der Waals surface area contributed by atoms with Crippen molar-refractivity contribution in [3.8, 4) is 0 Å². The Bertz CT molecular complexity index is 656. The van der Waals surface area contributed by atoms with Gasteiger partial charge in [0.1, 0.15) is 18.1 Å². The van der Waals surface area contributed by atoms with Crippen LogP contribution in [0.4, 0.5) is 0 Å². The van der Waals surface area contributed by atoms with Gasteiger partial charge in [-0.3, -0.25) is 14.4 Å². The highest BCUT2D eigenvalue weighted by Gasteiger charge is 2.31. The lowest BCUT2D eigenvalue weighted by Crippen LogP contribution is -2.57. The molecule has 0 aliphatic heterocycles. The number of carbonyl (C=O) groups excluding carboxylic acids is 3. The van der Waals surface area contributed by atoms with E-state index in [0.29, 0.717) is 32.2 Å². The minimum absolute atomic E-state index is 0.0496. The molecule has 0 aromatic rings. The van der Waals surface area contributed by atoms with E-state index in [1.165, 1.54) is 0 Å². The maximum atomic E-state index is 13.1. The van der Waals surface area contributed by atoms with E-state index < -0.39 is 47.9 Å². The number of hydrogen-bond donors (Lipinski definition) is 6. The van der Waals surface area contributed by atoms with Crippen LogP contribution >= 0.6 is 0 Å². The summed E-state index contributed by atoms with van der Waals surface area (Å²) in [5.74, 6) is -2.49. The van der Waals surface area contributed by atoms with Gasteiger partial charge in [0.25, 0.3) is 0 Å². The molecule has 0 aromatic carbocycles. The maximum Gasteiger partial charge on any atom is 0.326 e. The van der Waals surface area contributed by atoms with Crippen molar-refractivity contribution in [3.63, 3.8) is 0 Å². The number of nitrogens with two attached hydrogens (primary N) is 2. The Morgan fingerprint density at radius 3 is 1.71 bits per heavy atom. The predicted molar refractivity (Wildman–Crippen MR) is 133 cm³/mol. The molecule has 198 valence electrons. The van der Waals surface area contributed by atoms with Crippen molar-refractivity contribution in [2.75, 3.05) is 6.54 Å². The highest BCUT2D eigenvalue weighted by molar-refractivity contribution is 5.94. The number of hydrogen-bond acceptors (Lipinski definition) is 6. The molecule has 0 rings (SSSR count). The van der Waals surface area contributed by atoms with Crippen LogP contribution in [0.3, 0.4) is 0 Å². The van der Waals surface area contributed by atoms with E-state index in [1.54, 1.807) is 0 Å². The van der Waals surface area contributed by atoms with Crippen molar-refractivity contribution < 1.29 is 24.3 Å². The van der Waals surface area contributed by atoms with Crippen LogP contribution in [-0.2, 0) is 19.2 Å². The Hall–Kier alpha value is -2.20. The SMILES string of the molecule is CCC(C)C(N)C(=O)NC(CC(C)C)C(=O)NC(CCCCN)C(=O)NC(CC(C)C)C(=O)O. The number of aliphatic carboxylic acids is 1. The molecule has 0 aromatic heterocycles. The van der Waals surface area contributed by atoms with E-state index in [2.05, 4.69) is 16.0 Å². The summed E-state index contributed by atoms with van der Waals surface area (Å²) in [5.41, 5.74) is 11.6. The molecule has 0 aliphatic carbocycles. The Morgan fingerprint density at radius 2 is 1.24 bits per heavy atom. The average molecular weight is 486 g/mol. The lowest BCUT2D eigenvalue weighted by atomic mass is 9.97. The molecule has 34 heavy (non-hydrogen) atoms. The van der Waals surface area contributed by atoms with Crippen molar-refractivity contribution in [2.24, 2.45) is 29.2 Å². The summed E-state index contributed by atoms with van der Waals surface area (Å²) in [6.07, 6.45) is 2.90. The third-order valence-corrected chi connectivity index (χ3v) is 5.80. The van der Waals surface area contributed by atoms with Gasteiger partial charge in [0, 0.05) is 0 Å². The molecule has 0 bridgehead atoms. The Labute approximate surface area is 204 Å². The third kappa shape index (κ3) is 12.3. The number of nitrogens with one attached hydrogen (secondary N) is 3. The lowest BCUT2D eigenvalue weighted by molar-refractivity contribution is -0.143. The molecule has 5 unspecified atom stereocenters. The number of carboxylic acid groups (broad SMARTS) is 1. The van der Waals surface area contributed by atoms with Crippen molar-refractivity contribution in [1.82, 2.24) is 16.0 Å². The summed E-state index contributed by atoms with van der Waals surface area (Å²) >= 11 is 0. The van der Waals surface area contributed by atoms with Crippen molar-refractivity contribution in [1.29, 1.82) is 0 Å². The topological polar surface area (TPSA) is 177 Å². The van der Waals surface area contributed by atoms with Gasteiger partial charge in [0.2, 0.25) is 17.7 Å². The zero-order chi connectivity index (χ0) is 26.4. The monoisotopic (exact) mass is 485 g/mol. The van der Waals surface area contributed by atoms with Crippen molar-refractivity contribution >= 4 is 23.7 Å². The fourth-order valence-electron chi connectivity index (χ4n) is 3.48. The fraction of sp³-hybridized carbons (Fsp3) is 0.833. The normalized spacial score (nSPS) is 15.8. The fourth-order valence-corrected chi connectivity index (χ4v) is 3.48. The molecule has 10 heteroatoms. The molecule has 3 amide bonds. The van der Waals surface area contributed by atoms with Crippen LogP contribution < -0.4 is 27.4 Å². The molecular weight excluding hydrogens is 438 g/mol. The summed E-state index contributed by atoms with van der Waals surface area (Å²) in [6, 6.07) is -3.61. The molecule has 5 atom stereocenters. The minimum Gasteiger partial charge on any atom is -0.480 e. The van der Waals surface area contributed by atoms with E-state index >= 15 is 0 Å². The second-order valence-corrected chi connectivity index (χ2v) is 9.98. The van der Waals surface area contributed by atoms with Gasteiger partial charge >= 0.3 is 5.97 Å². The molecule has 0 radical (unpaired) electrons. The molecule has 0 fully saturated rings. The number of amides is 3. The Morgan fingerprint density at radius 1 is 0.765 bits per heavy atom. The molecule has 0 saturated heterocycles. The van der Waals surface area contributed by atoms with Gasteiger partial charge in [-0.05, 0) is 56.4 Å². The first-order chi connectivity index (χ1) is 15.8. The Balaban J connectivity index is 5.55. The zero-order valence-electron chi connectivity index (χ0n) is 21.7. The van der Waals surface area contributed by atoms with Crippen LogP contribution in [0.1, 0.15) is 80.1 Å². The summed E-state index contributed by atoms with van der Waals surface area (Å²) < 4.78 is 0. The van der Waals surface area contributed by atoms with Gasteiger partial charge < -0.3 is 32.5 Å². The largest absolute Gasteiger partial charge is 0.480 e. The number of carboxylic acids is 1. The molecule has 0 heterocycles. The van der Waals surface area contributed by atoms with E-state index in [0.717, 1.165) is 6.42 Å². The first-order valence-electron chi connectivity index (χ1n) is 12.4. The average Bonchev–Trinajstić information content (AvgIpc) is 2.75. The number of carbonyl (C=O) groups is 4. The molecule has 10 nitrogen and oxygen atoms in total. The quantitative estimate of drug-likeness (QED) is 0.167. The van der Waals surface area contributed by atoms with Crippen LogP contribution in [0.15, 0.2) is 0 Å². The molecule has 8 N–H and O–H groups in total. The van der Waals surface area contributed by atoms with Gasteiger partial charge in [-0.25, -0.2) is 4.79 Å². The van der Waals surface area contributed by atoms with Gasteiger partial charge in [-0.2, -0.15) is 0 Å². The van der Waals surface area contributed by atoms with E-state index in [1.807, 2.05) is 41.5 Å². The lowest BCUT2D eigenvalue weighted by Gasteiger charge is -2.27. The summed E-state index contributed by atoms with van der Waals surface area (Å²) in [6.45, 7) is 11.8. The molecule has 0 aliphatic rings. The summed E-state index contributed by atoms with van der Waals surface area (Å²) in [5, 5.41) is 17.5. The van der Waals surface area contributed by atoms with Crippen LogP contribution in [0.25, 0.3) is 0 Å². The first-order valence-corrected chi connectivity index (χ1v) is 12.4. The van der Waals surface area contributed by atoms with Crippen LogP contribution in [0, 0.1) is 17.8 Å². The third-order valence-electron chi connectivity index (χ3n) is 5.80. The van der Waals surface area contributed by atoms with Crippen LogP contribution in [-0.4, -0.2) is 59.5 Å². The van der Waals surface area contributed by atoms with E-state index in [4.69, 9.17) is 11.5 Å². The Kier molecular flexibility index (Phi) is 15.4.